The van der Waals surface area contributed by atoms with Crippen LogP contribution in [0.2, 0.25) is 20.1 Å². The Morgan fingerprint density at radius 3 is 1.46 bits per heavy atom. The molecule has 0 aromatic heterocycles. The Labute approximate surface area is 182 Å². The molecule has 2 aromatic carbocycles. The van der Waals surface area contributed by atoms with Gasteiger partial charge in [0.15, 0.2) is 0 Å². The molecule has 0 amide bonds. The minimum atomic E-state index is -0.592. The molecule has 0 saturated carbocycles. The number of carbonyl (C=O) groups excluding carboxylic acids is 2. The van der Waals surface area contributed by atoms with Gasteiger partial charge in [-0.15, -0.1) is 0 Å². The first kappa shape index (κ1) is 22.3. The summed E-state index contributed by atoms with van der Waals surface area (Å²) in [6.07, 6.45) is 5.45. The van der Waals surface area contributed by atoms with Crippen molar-refractivity contribution in [1.82, 2.24) is 0 Å². The van der Waals surface area contributed by atoms with E-state index in [1.165, 1.54) is 24.3 Å². The summed E-state index contributed by atoms with van der Waals surface area (Å²) in [4.78, 5) is 23.3. The Kier molecular flexibility index (Phi) is 8.87. The van der Waals surface area contributed by atoms with E-state index in [0.717, 1.165) is 0 Å². The Morgan fingerprint density at radius 1 is 0.714 bits per heavy atom. The first-order valence-corrected chi connectivity index (χ1v) is 9.46. The number of ether oxygens (including phenoxy) is 2. The third kappa shape index (κ3) is 7.56. The molecule has 0 aliphatic rings. The molecule has 146 valence electrons. The zero-order chi connectivity index (χ0) is 20.5. The van der Waals surface area contributed by atoms with E-state index in [4.69, 9.17) is 55.9 Å². The number of halogens is 4. The highest BCUT2D eigenvalue weighted by atomic mass is 35.5. The molecular weight excluding hydrogens is 446 g/mol. The van der Waals surface area contributed by atoms with E-state index in [1.807, 2.05) is 0 Å². The molecule has 0 spiro atoms. The van der Waals surface area contributed by atoms with Crippen molar-refractivity contribution in [2.45, 2.75) is 0 Å². The van der Waals surface area contributed by atoms with Gasteiger partial charge in [0.05, 0.1) is 0 Å². The predicted octanol–water partition coefficient (Wildman–Crippen LogP) is 6.11. The first-order valence-electron chi connectivity index (χ1n) is 7.95. The van der Waals surface area contributed by atoms with Crippen molar-refractivity contribution in [3.05, 3.63) is 79.8 Å². The Bertz CT molecular complexity index is 847. The number of carbonyl (C=O) groups is 2. The smallest absolute Gasteiger partial charge is 0.330 e. The maximum atomic E-state index is 11.7. The largest absolute Gasteiger partial charge is 0.459 e. The topological polar surface area (TPSA) is 52.6 Å². The Morgan fingerprint density at radius 2 is 1.11 bits per heavy atom. The average molecular weight is 460 g/mol. The fourth-order valence-corrected chi connectivity index (χ4v) is 2.91. The van der Waals surface area contributed by atoms with Crippen molar-refractivity contribution < 1.29 is 19.1 Å². The van der Waals surface area contributed by atoms with Crippen molar-refractivity contribution in [3.63, 3.8) is 0 Å². The second-order valence-corrected chi connectivity index (χ2v) is 7.02. The highest BCUT2D eigenvalue weighted by molar-refractivity contribution is 6.36. The minimum Gasteiger partial charge on any atom is -0.459 e. The minimum absolute atomic E-state index is 0.0845. The zero-order valence-electron chi connectivity index (χ0n) is 14.3. The van der Waals surface area contributed by atoms with Gasteiger partial charge in [-0.2, -0.15) is 0 Å². The summed E-state index contributed by atoms with van der Waals surface area (Å²) in [6.45, 7) is -0.169. The van der Waals surface area contributed by atoms with Crippen LogP contribution in [0.15, 0.2) is 48.6 Å². The summed E-state index contributed by atoms with van der Waals surface area (Å²) in [5.74, 6) is -1.18. The number of hydrogen-bond acceptors (Lipinski definition) is 4. The van der Waals surface area contributed by atoms with Crippen LogP contribution >= 0.6 is 46.4 Å². The molecule has 0 radical (unpaired) electrons. The zero-order valence-corrected chi connectivity index (χ0v) is 17.4. The molecule has 0 atom stereocenters. The maximum Gasteiger partial charge on any atom is 0.330 e. The van der Waals surface area contributed by atoms with Crippen molar-refractivity contribution in [2.24, 2.45) is 0 Å². The van der Waals surface area contributed by atoms with Gasteiger partial charge in [-0.25, -0.2) is 9.59 Å². The molecule has 4 nitrogen and oxygen atoms in total. The maximum absolute atomic E-state index is 11.7. The van der Waals surface area contributed by atoms with Crippen LogP contribution in [0.5, 0.6) is 0 Å². The first-order chi connectivity index (χ1) is 13.3. The van der Waals surface area contributed by atoms with E-state index < -0.39 is 11.9 Å². The van der Waals surface area contributed by atoms with Crippen molar-refractivity contribution in [1.29, 1.82) is 0 Å². The van der Waals surface area contributed by atoms with E-state index in [9.17, 15) is 9.59 Å². The van der Waals surface area contributed by atoms with Crippen LogP contribution in [-0.4, -0.2) is 25.2 Å². The van der Waals surface area contributed by atoms with Crippen LogP contribution in [0.25, 0.3) is 12.2 Å². The van der Waals surface area contributed by atoms with E-state index >= 15 is 0 Å². The van der Waals surface area contributed by atoms with Crippen molar-refractivity contribution in [2.75, 3.05) is 13.2 Å². The van der Waals surface area contributed by atoms with Gasteiger partial charge >= 0.3 is 11.9 Å². The van der Waals surface area contributed by atoms with Gasteiger partial charge in [-0.05, 0) is 47.5 Å². The van der Waals surface area contributed by atoms with Crippen molar-refractivity contribution in [3.8, 4) is 0 Å². The Hall–Kier alpha value is -1.98. The van der Waals surface area contributed by atoms with Gasteiger partial charge in [-0.3, -0.25) is 0 Å². The molecule has 8 heteroatoms. The molecule has 2 aromatic rings. The average Bonchev–Trinajstić information content (AvgIpc) is 2.64. The van der Waals surface area contributed by atoms with Gasteiger partial charge in [0, 0.05) is 32.2 Å². The highest BCUT2D eigenvalue weighted by Gasteiger charge is 2.03. The van der Waals surface area contributed by atoms with Crippen LogP contribution in [0, 0.1) is 0 Å². The molecule has 28 heavy (non-hydrogen) atoms. The van der Waals surface area contributed by atoms with Crippen LogP contribution in [0.1, 0.15) is 11.1 Å². The van der Waals surface area contributed by atoms with E-state index in [1.54, 1.807) is 36.4 Å². The lowest BCUT2D eigenvalue weighted by Crippen LogP contribution is -2.11. The molecular formula is C20H14Cl4O4. The molecule has 2 rings (SSSR count). The number of esters is 2. The standard InChI is InChI=1S/C20H14Cl4O4/c21-15-5-1-13(17(23)11-15)3-7-19(25)27-9-10-28-20(26)8-4-14-2-6-16(22)12-18(14)24/h1-8,11-12H,9-10H2/b7-3+,8-4+. The van der Waals surface area contributed by atoms with Gasteiger partial charge < -0.3 is 9.47 Å². The molecule has 0 aliphatic heterocycles. The second-order valence-electron chi connectivity index (χ2n) is 5.33. The summed E-state index contributed by atoms with van der Waals surface area (Å²) in [5, 5.41) is 1.83. The molecule has 0 N–H and O–H groups in total. The summed E-state index contributed by atoms with van der Waals surface area (Å²) in [6, 6.07) is 9.80. The summed E-state index contributed by atoms with van der Waals surface area (Å²) < 4.78 is 9.88. The monoisotopic (exact) mass is 458 g/mol. The van der Waals surface area contributed by atoms with Crippen LogP contribution in [0.3, 0.4) is 0 Å². The third-order valence-electron chi connectivity index (χ3n) is 3.29. The normalized spacial score (nSPS) is 11.1. The Balaban J connectivity index is 1.72. The number of hydrogen-bond donors (Lipinski definition) is 0. The molecule has 0 heterocycles. The van der Waals surface area contributed by atoms with Crippen LogP contribution in [0.4, 0.5) is 0 Å². The summed E-state index contributed by atoms with van der Waals surface area (Å²) in [5.41, 5.74) is 1.25. The molecule has 0 saturated heterocycles. The van der Waals surface area contributed by atoms with E-state index in [2.05, 4.69) is 0 Å². The third-order valence-corrected chi connectivity index (χ3v) is 4.42. The van der Waals surface area contributed by atoms with Crippen LogP contribution < -0.4 is 0 Å². The van der Waals surface area contributed by atoms with E-state index in [0.29, 0.717) is 31.2 Å². The lowest BCUT2D eigenvalue weighted by Gasteiger charge is -2.03. The predicted molar refractivity (Wildman–Crippen MR) is 113 cm³/mol. The summed E-state index contributed by atoms with van der Waals surface area (Å²) >= 11 is 23.6. The van der Waals surface area contributed by atoms with Gasteiger partial charge in [0.25, 0.3) is 0 Å². The number of rotatable bonds is 7. The summed E-state index contributed by atoms with van der Waals surface area (Å²) in [7, 11) is 0. The van der Waals surface area contributed by atoms with Crippen molar-refractivity contribution >= 4 is 70.5 Å². The molecule has 0 unspecified atom stereocenters. The molecule has 0 fully saturated rings. The van der Waals surface area contributed by atoms with Gasteiger partial charge in [-0.1, -0.05) is 58.5 Å². The van der Waals surface area contributed by atoms with E-state index in [-0.39, 0.29) is 13.2 Å². The lowest BCUT2D eigenvalue weighted by atomic mass is 10.2. The number of benzene rings is 2. The van der Waals surface area contributed by atoms with Gasteiger partial charge in [0.2, 0.25) is 0 Å². The molecule has 0 bridgehead atoms. The van der Waals surface area contributed by atoms with Crippen LogP contribution in [-0.2, 0) is 19.1 Å². The fraction of sp³-hybridized carbons (Fsp3) is 0.100. The fourth-order valence-electron chi connectivity index (χ4n) is 1.97. The SMILES string of the molecule is O=C(/C=C/c1ccc(Cl)cc1Cl)OCCOC(=O)/C=C/c1ccc(Cl)cc1Cl. The lowest BCUT2D eigenvalue weighted by molar-refractivity contribution is -0.145. The van der Waals surface area contributed by atoms with Gasteiger partial charge in [0.1, 0.15) is 13.2 Å². The molecule has 0 aliphatic carbocycles. The highest BCUT2D eigenvalue weighted by Crippen LogP contribution is 2.22. The second kappa shape index (κ2) is 11.1. The quantitative estimate of drug-likeness (QED) is 0.284.